The number of carbonyl (C=O) groups is 2. The van der Waals surface area contributed by atoms with Crippen molar-refractivity contribution in [1.82, 2.24) is 0 Å². The molecule has 2 aromatic carbocycles. The van der Waals surface area contributed by atoms with E-state index in [-0.39, 0.29) is 12.8 Å². The summed E-state index contributed by atoms with van der Waals surface area (Å²) >= 11 is 0. The van der Waals surface area contributed by atoms with E-state index in [1.807, 2.05) is 0 Å². The van der Waals surface area contributed by atoms with E-state index < -0.39 is 75.4 Å². The normalized spacial score (nSPS) is 27.5. The maximum Gasteiger partial charge on any atom is 0.432 e. The van der Waals surface area contributed by atoms with Gasteiger partial charge in [-0.3, -0.25) is 0 Å². The standard InChI is InChI=1S/C33H36F6O7/c1-21(44-25(40)30(42-5,32(34,35)36)22-13-9-7-10-14-22)17-18-29-27(2,3)19-24(20-28(29,4)46-29)45-26(41)31(43-6,33(37,38)39)23-15-11-8-12-16-23/h7-18,21,24H,19-20H2,1-6H3/b18-17+/t21-,24+,28-,29+,30+,31+/m1/s1. The lowest BCUT2D eigenvalue weighted by atomic mass is 9.63. The third-order valence-corrected chi connectivity index (χ3v) is 9.01. The van der Waals surface area contributed by atoms with Gasteiger partial charge in [0.25, 0.3) is 11.2 Å². The van der Waals surface area contributed by atoms with Gasteiger partial charge in [-0.05, 0) is 32.4 Å². The smallest absolute Gasteiger partial charge is 0.432 e. The molecule has 0 N–H and O–H groups in total. The number of fused-ring (bicyclic) bond motifs is 1. The van der Waals surface area contributed by atoms with Crippen molar-refractivity contribution in [3.63, 3.8) is 0 Å². The number of hydrogen-bond acceptors (Lipinski definition) is 7. The number of carbonyl (C=O) groups excluding carboxylic acids is 2. The fourth-order valence-corrected chi connectivity index (χ4v) is 6.69. The first-order valence-electron chi connectivity index (χ1n) is 14.4. The van der Waals surface area contributed by atoms with Crippen molar-refractivity contribution in [2.45, 2.75) is 87.5 Å². The fraction of sp³-hybridized carbons (Fsp3) is 0.515. The summed E-state index contributed by atoms with van der Waals surface area (Å²) in [6.45, 7) is 6.59. The third-order valence-electron chi connectivity index (χ3n) is 9.01. The first kappa shape index (κ1) is 35.4. The molecule has 13 heteroatoms. The summed E-state index contributed by atoms with van der Waals surface area (Å²) in [5, 5.41) is 0. The monoisotopic (exact) mass is 658 g/mol. The molecule has 1 aliphatic heterocycles. The molecule has 2 aliphatic rings. The molecule has 252 valence electrons. The van der Waals surface area contributed by atoms with E-state index in [0.717, 1.165) is 38.5 Å². The highest BCUT2D eigenvalue weighted by Gasteiger charge is 2.76. The average molecular weight is 659 g/mol. The Bertz CT molecular complexity index is 1440. The van der Waals surface area contributed by atoms with Crippen LogP contribution in [0, 0.1) is 5.41 Å². The number of rotatable bonds is 10. The molecule has 6 atom stereocenters. The predicted octanol–water partition coefficient (Wildman–Crippen LogP) is 6.94. The van der Waals surface area contributed by atoms with Crippen molar-refractivity contribution >= 4 is 11.9 Å². The van der Waals surface area contributed by atoms with Crippen molar-refractivity contribution in [2.24, 2.45) is 5.41 Å². The Morgan fingerprint density at radius 1 is 0.804 bits per heavy atom. The summed E-state index contributed by atoms with van der Waals surface area (Å²) in [5.74, 6) is -3.28. The zero-order valence-electron chi connectivity index (χ0n) is 26.1. The summed E-state index contributed by atoms with van der Waals surface area (Å²) in [7, 11) is 1.55. The van der Waals surface area contributed by atoms with Gasteiger partial charge in [0.1, 0.15) is 23.4 Å². The molecule has 0 bridgehead atoms. The lowest BCUT2D eigenvalue weighted by Gasteiger charge is -2.41. The number of halogens is 6. The van der Waals surface area contributed by atoms with Gasteiger partial charge in [0, 0.05) is 37.2 Å². The largest absolute Gasteiger partial charge is 0.460 e. The molecule has 1 heterocycles. The number of alkyl halides is 6. The molecule has 1 saturated heterocycles. The third kappa shape index (κ3) is 5.60. The molecule has 0 spiro atoms. The Balaban J connectivity index is 1.53. The van der Waals surface area contributed by atoms with Gasteiger partial charge in [-0.15, -0.1) is 0 Å². The van der Waals surface area contributed by atoms with Crippen LogP contribution >= 0.6 is 0 Å². The molecule has 4 rings (SSSR count). The van der Waals surface area contributed by atoms with Crippen molar-refractivity contribution < 1.29 is 59.6 Å². The molecule has 46 heavy (non-hydrogen) atoms. The molecular weight excluding hydrogens is 622 g/mol. The second-order valence-corrected chi connectivity index (χ2v) is 12.4. The summed E-state index contributed by atoms with van der Waals surface area (Å²) in [5.41, 5.74) is -10.5. The SMILES string of the molecule is CO[C@](C(=O)O[C@H]1CC(C)(C)[C@]2(/C=C/[C@@H](C)OC(=O)[C@@](OC)(c3ccccc3)C(F)(F)F)O[C@]2(C)C1)(c1ccccc1)C(F)(F)F. The van der Waals surface area contributed by atoms with Crippen LogP contribution in [0.1, 0.15) is 51.7 Å². The molecular formula is C33H36F6O7. The van der Waals surface area contributed by atoms with Crippen molar-refractivity contribution in [2.75, 3.05) is 14.2 Å². The van der Waals surface area contributed by atoms with E-state index in [1.54, 1.807) is 26.8 Å². The van der Waals surface area contributed by atoms with Crippen LogP contribution in [-0.2, 0) is 44.5 Å². The summed E-state index contributed by atoms with van der Waals surface area (Å²) in [4.78, 5) is 26.3. The van der Waals surface area contributed by atoms with Gasteiger partial charge in [-0.1, -0.05) is 74.5 Å². The van der Waals surface area contributed by atoms with Crippen LogP contribution in [0.15, 0.2) is 72.8 Å². The van der Waals surface area contributed by atoms with Crippen LogP contribution in [0.5, 0.6) is 0 Å². The van der Waals surface area contributed by atoms with Gasteiger partial charge >= 0.3 is 24.3 Å². The summed E-state index contributed by atoms with van der Waals surface area (Å²) in [6, 6.07) is 12.9. The van der Waals surface area contributed by atoms with Crippen LogP contribution in [0.4, 0.5) is 26.3 Å². The minimum absolute atomic E-state index is 0.0159. The molecule has 0 unspecified atom stereocenters. The minimum atomic E-state index is -5.15. The van der Waals surface area contributed by atoms with E-state index in [0.29, 0.717) is 0 Å². The first-order chi connectivity index (χ1) is 21.3. The number of epoxide rings is 1. The Labute approximate surface area is 262 Å². The fourth-order valence-electron chi connectivity index (χ4n) is 6.69. The first-order valence-corrected chi connectivity index (χ1v) is 14.4. The predicted molar refractivity (Wildman–Crippen MR) is 152 cm³/mol. The van der Waals surface area contributed by atoms with Gasteiger partial charge in [-0.25, -0.2) is 9.59 Å². The Morgan fingerprint density at radius 2 is 1.26 bits per heavy atom. The highest BCUT2D eigenvalue weighted by Crippen LogP contribution is 2.66. The second kappa shape index (κ2) is 12.0. The Morgan fingerprint density at radius 3 is 1.67 bits per heavy atom. The van der Waals surface area contributed by atoms with Gasteiger partial charge in [0.15, 0.2) is 0 Å². The van der Waals surface area contributed by atoms with Gasteiger partial charge in [0.05, 0.1) is 0 Å². The van der Waals surface area contributed by atoms with Crippen molar-refractivity contribution in [3.05, 3.63) is 83.9 Å². The number of benzene rings is 2. The molecule has 1 saturated carbocycles. The topological polar surface area (TPSA) is 83.6 Å². The highest BCUT2D eigenvalue weighted by atomic mass is 19.4. The number of methoxy groups -OCH3 is 2. The number of hydrogen-bond donors (Lipinski definition) is 0. The molecule has 0 radical (unpaired) electrons. The maximum absolute atomic E-state index is 14.4. The van der Waals surface area contributed by atoms with E-state index in [9.17, 15) is 35.9 Å². The van der Waals surface area contributed by atoms with Gasteiger partial charge in [-0.2, -0.15) is 26.3 Å². The molecule has 1 aliphatic carbocycles. The van der Waals surface area contributed by atoms with Crippen LogP contribution < -0.4 is 0 Å². The van der Waals surface area contributed by atoms with Crippen molar-refractivity contribution in [1.29, 1.82) is 0 Å². The highest BCUT2D eigenvalue weighted by molar-refractivity contribution is 5.83. The lowest BCUT2D eigenvalue weighted by molar-refractivity contribution is -0.279. The Hall–Kier alpha value is -3.42. The number of ether oxygens (including phenoxy) is 5. The number of esters is 2. The van der Waals surface area contributed by atoms with Gasteiger partial charge < -0.3 is 23.7 Å². The van der Waals surface area contributed by atoms with E-state index in [4.69, 9.17) is 23.7 Å². The zero-order chi connectivity index (χ0) is 34.4. The quantitative estimate of drug-likeness (QED) is 0.118. The average Bonchev–Trinajstić information content (AvgIpc) is 3.59. The van der Waals surface area contributed by atoms with Crippen LogP contribution in [0.25, 0.3) is 0 Å². The van der Waals surface area contributed by atoms with E-state index in [2.05, 4.69) is 0 Å². The Kier molecular flexibility index (Phi) is 9.23. The molecule has 2 fully saturated rings. The summed E-state index contributed by atoms with van der Waals surface area (Å²) in [6.07, 6.45) is -9.39. The van der Waals surface area contributed by atoms with Crippen molar-refractivity contribution in [3.8, 4) is 0 Å². The maximum atomic E-state index is 14.4. The van der Waals surface area contributed by atoms with Crippen LogP contribution in [-0.4, -0.2) is 61.9 Å². The van der Waals surface area contributed by atoms with E-state index >= 15 is 0 Å². The lowest BCUT2D eigenvalue weighted by Crippen LogP contribution is -2.54. The zero-order valence-corrected chi connectivity index (χ0v) is 26.1. The molecule has 7 nitrogen and oxygen atoms in total. The minimum Gasteiger partial charge on any atom is -0.460 e. The van der Waals surface area contributed by atoms with Crippen LogP contribution in [0.2, 0.25) is 0 Å². The van der Waals surface area contributed by atoms with E-state index in [1.165, 1.54) is 49.4 Å². The molecule has 0 aromatic heterocycles. The second-order valence-electron chi connectivity index (χ2n) is 12.4. The molecule has 0 amide bonds. The van der Waals surface area contributed by atoms with Crippen LogP contribution in [0.3, 0.4) is 0 Å². The summed E-state index contributed by atoms with van der Waals surface area (Å²) < 4.78 is 112. The van der Waals surface area contributed by atoms with Gasteiger partial charge in [0.2, 0.25) is 0 Å². The molecule has 2 aromatic rings.